The number of hydrogen-bond donors (Lipinski definition) is 2. The summed E-state index contributed by atoms with van der Waals surface area (Å²) in [6.45, 7) is 3.35. The number of nitrogens with one attached hydrogen (secondary N) is 1. The predicted octanol–water partition coefficient (Wildman–Crippen LogP) is 3.48. The first-order valence-corrected chi connectivity index (χ1v) is 10.8. The number of amides is 1. The average molecular weight is 432 g/mol. The topological polar surface area (TPSA) is 102 Å². The third-order valence-electron chi connectivity index (χ3n) is 4.91. The molecule has 1 aromatic heterocycles. The highest BCUT2D eigenvalue weighted by atomic mass is 32.1. The molecular weight excluding hydrogens is 406 g/mol. The van der Waals surface area contributed by atoms with Crippen LogP contribution in [0, 0.1) is 0 Å². The van der Waals surface area contributed by atoms with Crippen molar-refractivity contribution in [3.8, 4) is 0 Å². The molecule has 7 nitrogen and oxygen atoms in total. The van der Waals surface area contributed by atoms with Crippen molar-refractivity contribution in [2.45, 2.75) is 52.2 Å². The van der Waals surface area contributed by atoms with Crippen molar-refractivity contribution in [3.63, 3.8) is 0 Å². The fourth-order valence-electron chi connectivity index (χ4n) is 3.32. The zero-order chi connectivity index (χ0) is 21.7. The van der Waals surface area contributed by atoms with Crippen LogP contribution >= 0.6 is 11.3 Å². The lowest BCUT2D eigenvalue weighted by Gasteiger charge is -2.14. The fraction of sp³-hybridized carbons (Fsp3) is 0.409. The lowest BCUT2D eigenvalue weighted by molar-refractivity contribution is -0.123. The number of esters is 2. The normalized spacial score (nSPS) is 13.8. The Labute approximate surface area is 179 Å². The highest BCUT2D eigenvalue weighted by molar-refractivity contribution is 7.17. The van der Waals surface area contributed by atoms with E-state index in [4.69, 9.17) is 14.6 Å². The Morgan fingerprint density at radius 2 is 1.83 bits per heavy atom. The Morgan fingerprint density at radius 3 is 2.50 bits per heavy atom. The molecule has 0 fully saturated rings. The Balaban J connectivity index is 1.72. The maximum absolute atomic E-state index is 12.7. The van der Waals surface area contributed by atoms with Crippen LogP contribution in [0.5, 0.6) is 0 Å². The van der Waals surface area contributed by atoms with E-state index in [0.717, 1.165) is 36.1 Å². The summed E-state index contributed by atoms with van der Waals surface area (Å²) in [7, 11) is 0. The summed E-state index contributed by atoms with van der Waals surface area (Å²) in [5.41, 5.74) is 2.33. The van der Waals surface area contributed by atoms with E-state index < -0.39 is 23.9 Å². The van der Waals surface area contributed by atoms with E-state index in [-0.39, 0.29) is 18.8 Å². The van der Waals surface area contributed by atoms with Gasteiger partial charge in [0, 0.05) is 4.88 Å². The number of thiophene rings is 1. The molecule has 0 bridgehead atoms. The molecular formula is C22H25NO6S. The largest absolute Gasteiger partial charge is 0.462 e. The van der Waals surface area contributed by atoms with Gasteiger partial charge in [-0.25, -0.2) is 9.59 Å². The van der Waals surface area contributed by atoms with E-state index in [2.05, 4.69) is 5.32 Å². The number of rotatable bonds is 7. The Hall–Kier alpha value is -2.71. The third kappa shape index (κ3) is 4.88. The molecule has 0 spiro atoms. The Kier molecular flexibility index (Phi) is 7.23. The Morgan fingerprint density at radius 1 is 1.13 bits per heavy atom. The van der Waals surface area contributed by atoms with Gasteiger partial charge in [0.25, 0.3) is 5.91 Å². The number of aliphatic hydroxyl groups is 1. The molecule has 0 radical (unpaired) electrons. The van der Waals surface area contributed by atoms with Gasteiger partial charge in [0.15, 0.2) is 6.10 Å². The molecule has 0 saturated heterocycles. The van der Waals surface area contributed by atoms with Gasteiger partial charge in [-0.15, -0.1) is 11.3 Å². The molecule has 160 valence electrons. The molecule has 30 heavy (non-hydrogen) atoms. The molecule has 1 heterocycles. The summed E-state index contributed by atoms with van der Waals surface area (Å²) < 4.78 is 10.5. The van der Waals surface area contributed by atoms with Gasteiger partial charge in [-0.1, -0.05) is 12.1 Å². The van der Waals surface area contributed by atoms with Crippen LogP contribution in [0.4, 0.5) is 5.00 Å². The molecule has 1 aliphatic carbocycles. The fourth-order valence-corrected chi connectivity index (χ4v) is 4.60. The number of aliphatic hydroxyl groups excluding tert-OH is 1. The van der Waals surface area contributed by atoms with E-state index >= 15 is 0 Å². The van der Waals surface area contributed by atoms with E-state index in [1.807, 2.05) is 0 Å². The van der Waals surface area contributed by atoms with Gasteiger partial charge < -0.3 is 19.9 Å². The van der Waals surface area contributed by atoms with Crippen LogP contribution < -0.4 is 5.32 Å². The maximum atomic E-state index is 12.7. The Bertz CT molecular complexity index is 934. The van der Waals surface area contributed by atoms with E-state index in [1.165, 1.54) is 30.4 Å². The first-order valence-electron chi connectivity index (χ1n) is 9.97. The molecule has 1 amide bonds. The molecule has 1 unspecified atom stereocenters. The van der Waals surface area contributed by atoms with Gasteiger partial charge in [-0.2, -0.15) is 0 Å². The predicted molar refractivity (Wildman–Crippen MR) is 113 cm³/mol. The second kappa shape index (κ2) is 9.86. The highest BCUT2D eigenvalue weighted by Crippen LogP contribution is 2.38. The highest BCUT2D eigenvalue weighted by Gasteiger charge is 2.29. The maximum Gasteiger partial charge on any atom is 0.341 e. The van der Waals surface area contributed by atoms with Gasteiger partial charge in [-0.3, -0.25) is 4.79 Å². The minimum Gasteiger partial charge on any atom is -0.462 e. The number of carbonyl (C=O) groups excluding carboxylic acids is 3. The van der Waals surface area contributed by atoms with Crippen LogP contribution in [0.15, 0.2) is 24.3 Å². The van der Waals surface area contributed by atoms with Crippen molar-refractivity contribution >= 4 is 34.2 Å². The smallest absolute Gasteiger partial charge is 0.341 e. The summed E-state index contributed by atoms with van der Waals surface area (Å²) >= 11 is 1.38. The summed E-state index contributed by atoms with van der Waals surface area (Å²) in [6, 6.07) is 6.29. The van der Waals surface area contributed by atoms with Crippen molar-refractivity contribution in [3.05, 3.63) is 51.4 Å². The molecule has 1 aliphatic rings. The quantitative estimate of drug-likeness (QED) is 0.651. The summed E-state index contributed by atoms with van der Waals surface area (Å²) in [5.74, 6) is -1.60. The van der Waals surface area contributed by atoms with Crippen LogP contribution in [0.1, 0.15) is 63.4 Å². The first kappa shape index (κ1) is 22.0. The summed E-state index contributed by atoms with van der Waals surface area (Å²) in [5, 5.41) is 12.3. The van der Waals surface area contributed by atoms with Crippen LogP contribution in [0.2, 0.25) is 0 Å². The monoisotopic (exact) mass is 431 g/mol. The molecule has 3 rings (SSSR count). The van der Waals surface area contributed by atoms with Crippen LogP contribution in [-0.4, -0.2) is 35.7 Å². The molecule has 1 aromatic carbocycles. The number of ether oxygens (including phenoxy) is 2. The zero-order valence-corrected chi connectivity index (χ0v) is 17.8. The van der Waals surface area contributed by atoms with E-state index in [9.17, 15) is 14.4 Å². The van der Waals surface area contributed by atoms with Crippen LogP contribution in [0.3, 0.4) is 0 Å². The third-order valence-corrected chi connectivity index (χ3v) is 6.12. The number of carbonyl (C=O) groups is 3. The van der Waals surface area contributed by atoms with Gasteiger partial charge in [0.2, 0.25) is 0 Å². The average Bonchev–Trinajstić information content (AvgIpc) is 3.11. The first-order chi connectivity index (χ1) is 14.4. The number of anilines is 1. The van der Waals surface area contributed by atoms with Crippen LogP contribution in [0.25, 0.3) is 0 Å². The van der Waals surface area contributed by atoms with Crippen LogP contribution in [-0.2, 0) is 33.7 Å². The minimum absolute atomic E-state index is 0.123. The van der Waals surface area contributed by atoms with Gasteiger partial charge in [-0.05, 0) is 62.8 Å². The molecule has 0 aliphatic heterocycles. The van der Waals surface area contributed by atoms with Gasteiger partial charge in [0.05, 0.1) is 24.3 Å². The molecule has 0 saturated carbocycles. The molecule has 8 heteroatoms. The van der Waals surface area contributed by atoms with Crippen molar-refractivity contribution < 1.29 is 29.0 Å². The van der Waals surface area contributed by atoms with E-state index in [1.54, 1.807) is 19.1 Å². The van der Waals surface area contributed by atoms with Gasteiger partial charge >= 0.3 is 11.9 Å². The van der Waals surface area contributed by atoms with Gasteiger partial charge in [0.1, 0.15) is 5.00 Å². The zero-order valence-electron chi connectivity index (χ0n) is 17.0. The van der Waals surface area contributed by atoms with Crippen molar-refractivity contribution in [1.82, 2.24) is 0 Å². The second-order valence-electron chi connectivity index (χ2n) is 7.03. The standard InChI is InChI=1S/C22H25NO6S/c1-3-28-22(27)18-16-6-4-5-7-17(16)30-20(18)23-19(25)13(2)29-21(26)15-10-8-14(12-24)9-11-15/h8-11,13,24H,3-7,12H2,1-2H3,(H,23,25). The lowest BCUT2D eigenvalue weighted by Crippen LogP contribution is -2.30. The van der Waals surface area contributed by atoms with Crippen molar-refractivity contribution in [1.29, 1.82) is 0 Å². The summed E-state index contributed by atoms with van der Waals surface area (Å²) in [4.78, 5) is 38.5. The van der Waals surface area contributed by atoms with Crippen molar-refractivity contribution in [2.24, 2.45) is 0 Å². The number of aryl methyl sites for hydroxylation is 1. The molecule has 1 atom stereocenters. The lowest BCUT2D eigenvalue weighted by atomic mass is 9.95. The summed E-state index contributed by atoms with van der Waals surface area (Å²) in [6.07, 6.45) is 2.64. The second-order valence-corrected chi connectivity index (χ2v) is 8.13. The van der Waals surface area contributed by atoms with Crippen molar-refractivity contribution in [2.75, 3.05) is 11.9 Å². The minimum atomic E-state index is -1.05. The molecule has 2 N–H and O–H groups in total. The van der Waals surface area contributed by atoms with E-state index in [0.29, 0.717) is 16.1 Å². The number of hydrogen-bond acceptors (Lipinski definition) is 7. The number of fused-ring (bicyclic) bond motifs is 1. The SMILES string of the molecule is CCOC(=O)c1c(NC(=O)C(C)OC(=O)c2ccc(CO)cc2)sc2c1CCCC2. The molecule has 2 aromatic rings. The number of benzene rings is 1.